The maximum absolute atomic E-state index is 11.4. The Labute approximate surface area is 117 Å². The fourth-order valence-electron chi connectivity index (χ4n) is 2.10. The predicted octanol–water partition coefficient (Wildman–Crippen LogP) is 2.81. The standard InChI is InChI=1S/C16H16O4/c1-20-13-8-7-12(15(17)10-13)9-14(16(18)19)11-5-3-2-4-6-11/h2-8,10,14,17H,9H2,1H3,(H,18,19). The molecule has 2 rings (SSSR count). The minimum absolute atomic E-state index is 0.0477. The number of phenolic OH excluding ortho intramolecular Hbond substituents is 1. The first-order valence-electron chi connectivity index (χ1n) is 6.25. The van der Waals surface area contributed by atoms with Crippen molar-refractivity contribution in [2.24, 2.45) is 0 Å². The first kappa shape index (κ1) is 13.9. The van der Waals surface area contributed by atoms with E-state index in [9.17, 15) is 15.0 Å². The van der Waals surface area contributed by atoms with Crippen LogP contribution >= 0.6 is 0 Å². The summed E-state index contributed by atoms with van der Waals surface area (Å²) >= 11 is 0. The zero-order valence-electron chi connectivity index (χ0n) is 11.1. The molecule has 20 heavy (non-hydrogen) atoms. The van der Waals surface area contributed by atoms with Gasteiger partial charge in [-0.3, -0.25) is 4.79 Å². The van der Waals surface area contributed by atoms with Gasteiger partial charge in [0.1, 0.15) is 11.5 Å². The lowest BCUT2D eigenvalue weighted by Gasteiger charge is -2.14. The molecule has 0 radical (unpaired) electrons. The lowest BCUT2D eigenvalue weighted by Crippen LogP contribution is -2.14. The monoisotopic (exact) mass is 272 g/mol. The number of aromatic hydroxyl groups is 1. The lowest BCUT2D eigenvalue weighted by atomic mass is 9.91. The molecule has 0 amide bonds. The van der Waals surface area contributed by atoms with Crippen LogP contribution in [0.2, 0.25) is 0 Å². The molecule has 0 aliphatic heterocycles. The van der Waals surface area contributed by atoms with Gasteiger partial charge in [-0.15, -0.1) is 0 Å². The quantitative estimate of drug-likeness (QED) is 0.878. The highest BCUT2D eigenvalue weighted by Crippen LogP contribution is 2.29. The summed E-state index contributed by atoms with van der Waals surface area (Å²) in [5.41, 5.74) is 1.30. The number of ether oxygens (including phenoxy) is 1. The minimum Gasteiger partial charge on any atom is -0.508 e. The molecule has 4 nitrogen and oxygen atoms in total. The molecule has 104 valence electrons. The Morgan fingerprint density at radius 2 is 1.90 bits per heavy atom. The third-order valence-electron chi connectivity index (χ3n) is 3.22. The van der Waals surface area contributed by atoms with Crippen LogP contribution < -0.4 is 4.74 Å². The Bertz CT molecular complexity index is 593. The molecule has 0 fully saturated rings. The van der Waals surface area contributed by atoms with Crippen LogP contribution in [0.4, 0.5) is 0 Å². The molecule has 1 unspecified atom stereocenters. The summed E-state index contributed by atoms with van der Waals surface area (Å²) in [5.74, 6) is -1.01. The SMILES string of the molecule is COc1ccc(CC(C(=O)O)c2ccccc2)c(O)c1. The molecule has 0 aliphatic rings. The Hall–Kier alpha value is -2.49. The number of aliphatic carboxylic acids is 1. The van der Waals surface area contributed by atoms with Crippen molar-refractivity contribution >= 4 is 5.97 Å². The van der Waals surface area contributed by atoms with Crippen LogP contribution in [0.25, 0.3) is 0 Å². The number of hydrogen-bond donors (Lipinski definition) is 2. The minimum atomic E-state index is -0.911. The fraction of sp³-hybridized carbons (Fsp3) is 0.188. The molecule has 0 saturated carbocycles. The van der Waals surface area contributed by atoms with Crippen LogP contribution in [0, 0.1) is 0 Å². The molecule has 1 atom stereocenters. The van der Waals surface area contributed by atoms with Gasteiger partial charge in [0.15, 0.2) is 0 Å². The van der Waals surface area contributed by atoms with Crippen LogP contribution in [0.3, 0.4) is 0 Å². The van der Waals surface area contributed by atoms with Gasteiger partial charge < -0.3 is 14.9 Å². The van der Waals surface area contributed by atoms with Crippen molar-refractivity contribution in [1.82, 2.24) is 0 Å². The highest BCUT2D eigenvalue weighted by atomic mass is 16.5. The molecule has 0 aromatic heterocycles. The van der Waals surface area contributed by atoms with Gasteiger partial charge in [0.2, 0.25) is 0 Å². The Morgan fingerprint density at radius 3 is 2.45 bits per heavy atom. The van der Waals surface area contributed by atoms with Gasteiger partial charge in [-0.2, -0.15) is 0 Å². The second-order valence-electron chi connectivity index (χ2n) is 4.50. The van der Waals surface area contributed by atoms with Crippen LogP contribution in [0.5, 0.6) is 11.5 Å². The van der Waals surface area contributed by atoms with Crippen molar-refractivity contribution < 1.29 is 19.7 Å². The Morgan fingerprint density at radius 1 is 1.20 bits per heavy atom. The van der Waals surface area contributed by atoms with Gasteiger partial charge in [-0.25, -0.2) is 0 Å². The molecule has 2 N–H and O–H groups in total. The third kappa shape index (κ3) is 3.09. The van der Waals surface area contributed by atoms with E-state index >= 15 is 0 Å². The van der Waals surface area contributed by atoms with E-state index in [1.165, 1.54) is 13.2 Å². The summed E-state index contributed by atoms with van der Waals surface area (Å²) in [6, 6.07) is 13.9. The Kier molecular flexibility index (Phi) is 4.25. The largest absolute Gasteiger partial charge is 0.508 e. The highest BCUT2D eigenvalue weighted by molar-refractivity contribution is 5.76. The summed E-state index contributed by atoms with van der Waals surface area (Å²) in [7, 11) is 1.51. The second kappa shape index (κ2) is 6.10. The van der Waals surface area contributed by atoms with E-state index in [0.29, 0.717) is 11.3 Å². The molecule has 0 heterocycles. The van der Waals surface area contributed by atoms with Crippen molar-refractivity contribution in [2.75, 3.05) is 7.11 Å². The molecular weight excluding hydrogens is 256 g/mol. The maximum atomic E-state index is 11.4. The molecule has 2 aromatic carbocycles. The van der Waals surface area contributed by atoms with Gasteiger partial charge in [0.05, 0.1) is 13.0 Å². The van der Waals surface area contributed by atoms with Crippen LogP contribution in [-0.4, -0.2) is 23.3 Å². The average molecular weight is 272 g/mol. The van der Waals surface area contributed by atoms with Crippen LogP contribution in [0.15, 0.2) is 48.5 Å². The molecule has 0 saturated heterocycles. The van der Waals surface area contributed by atoms with Gasteiger partial charge in [-0.1, -0.05) is 36.4 Å². The number of rotatable bonds is 5. The molecular formula is C16H16O4. The lowest BCUT2D eigenvalue weighted by molar-refractivity contribution is -0.138. The van der Waals surface area contributed by atoms with E-state index in [2.05, 4.69) is 0 Å². The predicted molar refractivity (Wildman–Crippen MR) is 75.2 cm³/mol. The van der Waals surface area contributed by atoms with E-state index < -0.39 is 11.9 Å². The second-order valence-corrected chi connectivity index (χ2v) is 4.50. The molecule has 0 aliphatic carbocycles. The first-order chi connectivity index (χ1) is 9.61. The third-order valence-corrected chi connectivity index (χ3v) is 3.22. The summed E-state index contributed by atoms with van der Waals surface area (Å²) in [5, 5.41) is 19.3. The number of phenols is 1. The topological polar surface area (TPSA) is 66.8 Å². The van der Waals surface area contributed by atoms with Gasteiger partial charge in [0.25, 0.3) is 0 Å². The van der Waals surface area contributed by atoms with Gasteiger partial charge in [0, 0.05) is 6.07 Å². The summed E-state index contributed by atoms with van der Waals surface area (Å²) in [6.07, 6.45) is 0.231. The molecule has 2 aromatic rings. The number of methoxy groups -OCH3 is 1. The number of hydrogen-bond acceptors (Lipinski definition) is 3. The number of carbonyl (C=O) groups is 1. The summed E-state index contributed by atoms with van der Waals surface area (Å²) < 4.78 is 5.01. The van der Waals surface area contributed by atoms with Crippen molar-refractivity contribution in [2.45, 2.75) is 12.3 Å². The van der Waals surface area contributed by atoms with Crippen molar-refractivity contribution in [1.29, 1.82) is 0 Å². The normalized spacial score (nSPS) is 11.8. The zero-order valence-corrected chi connectivity index (χ0v) is 11.1. The highest BCUT2D eigenvalue weighted by Gasteiger charge is 2.21. The average Bonchev–Trinajstić information content (AvgIpc) is 2.46. The number of carboxylic acid groups (broad SMARTS) is 1. The van der Waals surface area contributed by atoms with Crippen molar-refractivity contribution in [3.63, 3.8) is 0 Å². The van der Waals surface area contributed by atoms with E-state index in [4.69, 9.17) is 4.74 Å². The number of benzene rings is 2. The van der Waals surface area contributed by atoms with Crippen LogP contribution in [0.1, 0.15) is 17.0 Å². The fourth-order valence-corrected chi connectivity index (χ4v) is 2.10. The smallest absolute Gasteiger partial charge is 0.311 e. The molecule has 0 bridgehead atoms. The number of carboxylic acids is 1. The van der Waals surface area contributed by atoms with Crippen LogP contribution in [-0.2, 0) is 11.2 Å². The molecule has 4 heteroatoms. The van der Waals surface area contributed by atoms with Gasteiger partial charge in [-0.05, 0) is 23.6 Å². The Balaban J connectivity index is 2.28. The van der Waals surface area contributed by atoms with E-state index in [1.54, 1.807) is 36.4 Å². The van der Waals surface area contributed by atoms with Crippen molar-refractivity contribution in [3.8, 4) is 11.5 Å². The summed E-state index contributed by atoms with van der Waals surface area (Å²) in [4.78, 5) is 11.4. The first-order valence-corrected chi connectivity index (χ1v) is 6.25. The van der Waals surface area contributed by atoms with E-state index in [1.807, 2.05) is 6.07 Å². The molecule has 0 spiro atoms. The van der Waals surface area contributed by atoms with Gasteiger partial charge >= 0.3 is 5.97 Å². The maximum Gasteiger partial charge on any atom is 0.311 e. The summed E-state index contributed by atoms with van der Waals surface area (Å²) in [6.45, 7) is 0. The zero-order chi connectivity index (χ0) is 14.5. The van der Waals surface area contributed by atoms with E-state index in [-0.39, 0.29) is 12.2 Å². The van der Waals surface area contributed by atoms with E-state index in [0.717, 1.165) is 5.56 Å². The van der Waals surface area contributed by atoms with Crippen molar-refractivity contribution in [3.05, 3.63) is 59.7 Å².